The molecule has 2 aromatic rings. The van der Waals surface area contributed by atoms with E-state index in [-0.39, 0.29) is 0 Å². The van der Waals surface area contributed by atoms with Crippen LogP contribution in [0.3, 0.4) is 0 Å². The fourth-order valence-corrected chi connectivity index (χ4v) is 3.06. The fourth-order valence-electron chi connectivity index (χ4n) is 2.30. The van der Waals surface area contributed by atoms with Gasteiger partial charge in [0.15, 0.2) is 0 Å². The highest BCUT2D eigenvalue weighted by Gasteiger charge is 2.12. The summed E-state index contributed by atoms with van der Waals surface area (Å²) < 4.78 is 5.40. The summed E-state index contributed by atoms with van der Waals surface area (Å²) in [5.74, 6) is 0.972. The van der Waals surface area contributed by atoms with Crippen molar-refractivity contribution in [1.29, 1.82) is 0 Å². The lowest BCUT2D eigenvalue weighted by atomic mass is 10.0. The van der Waals surface area contributed by atoms with Gasteiger partial charge in [-0.1, -0.05) is 18.2 Å². The minimum atomic E-state index is 0.385. The van der Waals surface area contributed by atoms with E-state index in [0.29, 0.717) is 12.1 Å². The van der Waals surface area contributed by atoms with Crippen molar-refractivity contribution >= 4 is 11.3 Å². The molecule has 2 rings (SSSR count). The van der Waals surface area contributed by atoms with Gasteiger partial charge in [0.25, 0.3) is 0 Å². The first-order valence-corrected chi connectivity index (χ1v) is 7.55. The van der Waals surface area contributed by atoms with Gasteiger partial charge < -0.3 is 10.1 Å². The van der Waals surface area contributed by atoms with Crippen LogP contribution < -0.4 is 10.1 Å². The van der Waals surface area contributed by atoms with Gasteiger partial charge >= 0.3 is 0 Å². The molecule has 2 unspecified atom stereocenters. The first kappa shape index (κ1) is 14.1. The van der Waals surface area contributed by atoms with E-state index >= 15 is 0 Å². The second-order valence-electron chi connectivity index (χ2n) is 4.86. The van der Waals surface area contributed by atoms with E-state index < -0.39 is 0 Å². The maximum atomic E-state index is 5.40. The topological polar surface area (TPSA) is 21.3 Å². The SMILES string of the molecule is COc1ccccc1CC(C)NC(C)c1ccsc1. The number of nitrogens with one attached hydrogen (secondary N) is 1. The van der Waals surface area contributed by atoms with Crippen molar-refractivity contribution in [2.75, 3.05) is 7.11 Å². The molecule has 102 valence electrons. The number of hydrogen-bond acceptors (Lipinski definition) is 3. The molecule has 0 aliphatic carbocycles. The van der Waals surface area contributed by atoms with E-state index in [2.05, 4.69) is 48.1 Å². The van der Waals surface area contributed by atoms with Gasteiger partial charge in [0.2, 0.25) is 0 Å². The van der Waals surface area contributed by atoms with Crippen LogP contribution >= 0.6 is 11.3 Å². The number of methoxy groups -OCH3 is 1. The normalized spacial score (nSPS) is 14.1. The largest absolute Gasteiger partial charge is 0.496 e. The van der Waals surface area contributed by atoms with Crippen LogP contribution in [-0.4, -0.2) is 13.2 Å². The van der Waals surface area contributed by atoms with Crippen molar-refractivity contribution in [3.63, 3.8) is 0 Å². The lowest BCUT2D eigenvalue weighted by molar-refractivity contribution is 0.403. The molecule has 1 heterocycles. The number of rotatable bonds is 6. The third kappa shape index (κ3) is 3.82. The van der Waals surface area contributed by atoms with Gasteiger partial charge in [-0.3, -0.25) is 0 Å². The van der Waals surface area contributed by atoms with Crippen LogP contribution in [0.1, 0.15) is 31.0 Å². The van der Waals surface area contributed by atoms with Crippen molar-refractivity contribution in [2.24, 2.45) is 0 Å². The number of benzene rings is 1. The van der Waals surface area contributed by atoms with Gasteiger partial charge in [0.05, 0.1) is 7.11 Å². The smallest absolute Gasteiger partial charge is 0.122 e. The Labute approximate surface area is 119 Å². The highest BCUT2D eigenvalue weighted by atomic mass is 32.1. The Bertz CT molecular complexity index is 495. The van der Waals surface area contributed by atoms with Crippen molar-refractivity contribution in [3.8, 4) is 5.75 Å². The van der Waals surface area contributed by atoms with Gasteiger partial charge in [-0.2, -0.15) is 11.3 Å². The average Bonchev–Trinajstić information content (AvgIpc) is 2.93. The van der Waals surface area contributed by atoms with Gasteiger partial charge in [-0.25, -0.2) is 0 Å². The molecule has 3 heteroatoms. The Morgan fingerprint density at radius 3 is 2.68 bits per heavy atom. The molecule has 0 aliphatic rings. The molecule has 19 heavy (non-hydrogen) atoms. The minimum Gasteiger partial charge on any atom is -0.496 e. The molecular formula is C16H21NOS. The second-order valence-corrected chi connectivity index (χ2v) is 5.64. The first-order chi connectivity index (χ1) is 9.20. The predicted octanol–water partition coefficient (Wildman–Crippen LogP) is 4.04. The summed E-state index contributed by atoms with van der Waals surface area (Å²) in [5.41, 5.74) is 2.61. The monoisotopic (exact) mass is 275 g/mol. The highest BCUT2D eigenvalue weighted by Crippen LogP contribution is 2.21. The third-order valence-corrected chi connectivity index (χ3v) is 4.00. The van der Waals surface area contributed by atoms with Crippen LogP contribution in [-0.2, 0) is 6.42 Å². The minimum absolute atomic E-state index is 0.385. The number of hydrogen-bond donors (Lipinski definition) is 1. The van der Waals surface area contributed by atoms with Gasteiger partial charge in [0.1, 0.15) is 5.75 Å². The molecule has 2 nitrogen and oxygen atoms in total. The quantitative estimate of drug-likeness (QED) is 0.859. The van der Waals surface area contributed by atoms with E-state index in [1.807, 2.05) is 12.1 Å². The average molecular weight is 275 g/mol. The van der Waals surface area contributed by atoms with Crippen molar-refractivity contribution in [2.45, 2.75) is 32.4 Å². The predicted molar refractivity (Wildman–Crippen MR) is 82.0 cm³/mol. The Balaban J connectivity index is 1.95. The zero-order valence-corrected chi connectivity index (χ0v) is 12.5. The van der Waals surface area contributed by atoms with E-state index in [9.17, 15) is 0 Å². The lowest BCUT2D eigenvalue weighted by Gasteiger charge is -2.20. The van der Waals surface area contributed by atoms with Crippen LogP contribution in [0.2, 0.25) is 0 Å². The summed E-state index contributed by atoms with van der Waals surface area (Å²) in [6.45, 7) is 4.43. The molecule has 0 spiro atoms. The molecule has 0 fully saturated rings. The summed E-state index contributed by atoms with van der Waals surface area (Å²) in [5, 5.41) is 7.96. The Morgan fingerprint density at radius 2 is 2.00 bits per heavy atom. The maximum absolute atomic E-state index is 5.40. The molecule has 0 saturated heterocycles. The van der Waals surface area contributed by atoms with E-state index in [4.69, 9.17) is 4.74 Å². The number of ether oxygens (including phenoxy) is 1. The van der Waals surface area contributed by atoms with Crippen LogP contribution in [0.5, 0.6) is 5.75 Å². The number of para-hydroxylation sites is 1. The zero-order chi connectivity index (χ0) is 13.7. The van der Waals surface area contributed by atoms with E-state index in [1.165, 1.54) is 11.1 Å². The standard InChI is InChI=1S/C16H21NOS/c1-12(17-13(2)15-8-9-19-11-15)10-14-6-4-5-7-16(14)18-3/h4-9,11-13,17H,10H2,1-3H3. The molecule has 0 saturated carbocycles. The maximum Gasteiger partial charge on any atom is 0.122 e. The van der Waals surface area contributed by atoms with E-state index in [0.717, 1.165) is 12.2 Å². The molecular weight excluding hydrogens is 254 g/mol. The molecule has 1 aromatic carbocycles. The fraction of sp³-hybridized carbons (Fsp3) is 0.375. The zero-order valence-electron chi connectivity index (χ0n) is 11.7. The van der Waals surface area contributed by atoms with Crippen molar-refractivity contribution < 1.29 is 4.74 Å². The van der Waals surface area contributed by atoms with E-state index in [1.54, 1.807) is 18.4 Å². The highest BCUT2D eigenvalue weighted by molar-refractivity contribution is 7.07. The van der Waals surface area contributed by atoms with Gasteiger partial charge in [0, 0.05) is 12.1 Å². The summed E-state index contributed by atoms with van der Waals surface area (Å²) in [6, 6.07) is 11.2. The molecule has 1 aromatic heterocycles. The lowest BCUT2D eigenvalue weighted by Crippen LogP contribution is -2.30. The van der Waals surface area contributed by atoms with Crippen LogP contribution in [0, 0.1) is 0 Å². The summed E-state index contributed by atoms with van der Waals surface area (Å²) in [4.78, 5) is 0. The Hall–Kier alpha value is -1.32. The molecule has 1 N–H and O–H groups in total. The summed E-state index contributed by atoms with van der Waals surface area (Å²) in [7, 11) is 1.73. The van der Waals surface area contributed by atoms with Crippen LogP contribution in [0.25, 0.3) is 0 Å². The van der Waals surface area contributed by atoms with Crippen molar-refractivity contribution in [1.82, 2.24) is 5.32 Å². The Morgan fingerprint density at radius 1 is 1.21 bits per heavy atom. The van der Waals surface area contributed by atoms with Crippen molar-refractivity contribution in [3.05, 3.63) is 52.2 Å². The third-order valence-electron chi connectivity index (χ3n) is 3.30. The van der Waals surface area contributed by atoms with Gasteiger partial charge in [-0.05, 0) is 54.3 Å². The molecule has 2 atom stereocenters. The summed E-state index contributed by atoms with van der Waals surface area (Å²) >= 11 is 1.75. The molecule has 0 aliphatic heterocycles. The summed E-state index contributed by atoms with van der Waals surface area (Å²) in [6.07, 6.45) is 0.971. The Kier molecular flexibility index (Phi) is 5.00. The second kappa shape index (κ2) is 6.73. The number of thiophene rings is 1. The van der Waals surface area contributed by atoms with Gasteiger partial charge in [-0.15, -0.1) is 0 Å². The molecule has 0 amide bonds. The first-order valence-electron chi connectivity index (χ1n) is 6.60. The molecule has 0 radical (unpaired) electrons. The molecule has 0 bridgehead atoms. The van der Waals surface area contributed by atoms with Crippen LogP contribution in [0.4, 0.5) is 0 Å². The van der Waals surface area contributed by atoms with Crippen LogP contribution in [0.15, 0.2) is 41.1 Å².